The molecule has 0 aliphatic rings. The highest BCUT2D eigenvalue weighted by Crippen LogP contribution is 2.33. The van der Waals surface area contributed by atoms with Crippen molar-refractivity contribution in [1.82, 2.24) is 24.7 Å². The van der Waals surface area contributed by atoms with E-state index in [9.17, 15) is 4.79 Å². The third kappa shape index (κ3) is 4.15. The van der Waals surface area contributed by atoms with Crippen LogP contribution in [0, 0.1) is 0 Å². The minimum Gasteiger partial charge on any atom is -0.496 e. The Labute approximate surface area is 204 Å². The van der Waals surface area contributed by atoms with Crippen molar-refractivity contribution >= 4 is 33.3 Å². The first-order valence-electron chi connectivity index (χ1n) is 10.6. The van der Waals surface area contributed by atoms with Gasteiger partial charge in [-0.15, -0.1) is 28.1 Å². The summed E-state index contributed by atoms with van der Waals surface area (Å²) in [6, 6.07) is 17.6. The van der Waals surface area contributed by atoms with E-state index in [0.29, 0.717) is 34.5 Å². The van der Waals surface area contributed by atoms with E-state index < -0.39 is 0 Å². The number of allylic oxidation sites excluding steroid dienone is 1. The highest BCUT2D eigenvalue weighted by atomic mass is 32.2. The van der Waals surface area contributed by atoms with Gasteiger partial charge in [-0.1, -0.05) is 60.3 Å². The van der Waals surface area contributed by atoms with Gasteiger partial charge in [-0.2, -0.15) is 0 Å². The molecule has 7 nitrogen and oxygen atoms in total. The molecule has 3 heterocycles. The number of ether oxygens (including phenoxy) is 1. The second kappa shape index (κ2) is 9.66. The Balaban J connectivity index is 1.44. The number of para-hydroxylation sites is 1. The summed E-state index contributed by atoms with van der Waals surface area (Å²) in [5, 5.41) is 12.1. The fraction of sp³-hybridized carbons (Fsp3) is 0.120. The maximum Gasteiger partial charge on any atom is 0.260 e. The SMILES string of the molecule is C=CCn1c(SCc2nc3scc(-c4ccccc4)c3c(=O)[nH]2)nnc1-c1ccccc1OC. The first-order valence-corrected chi connectivity index (χ1v) is 12.4. The minimum atomic E-state index is -0.136. The van der Waals surface area contributed by atoms with E-state index >= 15 is 0 Å². The average Bonchev–Trinajstić information content (AvgIpc) is 3.48. The zero-order valence-electron chi connectivity index (χ0n) is 18.4. The summed E-state index contributed by atoms with van der Waals surface area (Å²) < 4.78 is 7.47. The van der Waals surface area contributed by atoms with Crippen molar-refractivity contribution in [3.63, 3.8) is 0 Å². The van der Waals surface area contributed by atoms with E-state index in [-0.39, 0.29) is 5.56 Å². The van der Waals surface area contributed by atoms with Crippen molar-refractivity contribution in [1.29, 1.82) is 0 Å². The fourth-order valence-corrected chi connectivity index (χ4v) is 5.53. The van der Waals surface area contributed by atoms with Gasteiger partial charge >= 0.3 is 0 Å². The molecule has 0 saturated carbocycles. The lowest BCUT2D eigenvalue weighted by atomic mass is 10.1. The summed E-state index contributed by atoms with van der Waals surface area (Å²) in [5.41, 5.74) is 2.62. The lowest BCUT2D eigenvalue weighted by Gasteiger charge is -2.10. The normalized spacial score (nSPS) is 11.1. The van der Waals surface area contributed by atoms with Gasteiger partial charge in [-0.3, -0.25) is 9.36 Å². The van der Waals surface area contributed by atoms with Gasteiger partial charge in [0.15, 0.2) is 11.0 Å². The molecule has 0 saturated heterocycles. The number of benzene rings is 2. The standard InChI is InChI=1S/C25H21N5O2S2/c1-3-13-30-22(17-11-7-8-12-19(17)32-2)28-29-25(30)34-15-20-26-23(31)21-18(14-33-24(21)27-20)16-9-5-4-6-10-16/h3-12,14H,1,13,15H2,2H3,(H,26,27,31). The summed E-state index contributed by atoms with van der Waals surface area (Å²) in [7, 11) is 1.63. The number of hydrogen-bond donors (Lipinski definition) is 1. The van der Waals surface area contributed by atoms with E-state index in [1.54, 1.807) is 13.2 Å². The number of aromatic amines is 1. The number of hydrogen-bond acceptors (Lipinski definition) is 7. The number of thioether (sulfide) groups is 1. The number of nitrogens with one attached hydrogen (secondary N) is 1. The molecule has 0 unspecified atom stereocenters. The Hall–Kier alpha value is -3.69. The molecule has 0 aliphatic carbocycles. The third-order valence-corrected chi connectivity index (χ3v) is 7.14. The number of nitrogens with zero attached hydrogens (tertiary/aromatic N) is 4. The van der Waals surface area contributed by atoms with E-state index in [4.69, 9.17) is 9.72 Å². The molecule has 0 spiro atoms. The Morgan fingerprint density at radius 2 is 1.91 bits per heavy atom. The summed E-state index contributed by atoms with van der Waals surface area (Å²) in [5.74, 6) is 2.46. The highest BCUT2D eigenvalue weighted by molar-refractivity contribution is 7.98. The van der Waals surface area contributed by atoms with Crippen molar-refractivity contribution in [3.8, 4) is 28.3 Å². The fourth-order valence-electron chi connectivity index (χ4n) is 3.74. The first-order chi connectivity index (χ1) is 16.7. The Bertz CT molecular complexity index is 1520. The second-order valence-corrected chi connectivity index (χ2v) is 9.20. The first kappa shape index (κ1) is 22.1. The van der Waals surface area contributed by atoms with Crippen LogP contribution < -0.4 is 10.3 Å². The zero-order valence-corrected chi connectivity index (χ0v) is 20.0. The lowest BCUT2D eigenvalue weighted by molar-refractivity contribution is 0.416. The number of H-pyrrole nitrogens is 1. The highest BCUT2D eigenvalue weighted by Gasteiger charge is 2.18. The van der Waals surface area contributed by atoms with Crippen molar-refractivity contribution < 1.29 is 4.74 Å². The molecule has 0 amide bonds. The minimum absolute atomic E-state index is 0.136. The Morgan fingerprint density at radius 3 is 2.71 bits per heavy atom. The van der Waals surface area contributed by atoms with Crippen LogP contribution in [0.5, 0.6) is 5.75 Å². The van der Waals surface area contributed by atoms with E-state index in [1.807, 2.05) is 64.5 Å². The Morgan fingerprint density at radius 1 is 1.12 bits per heavy atom. The smallest absolute Gasteiger partial charge is 0.260 e. The van der Waals surface area contributed by atoms with Crippen molar-refractivity contribution in [3.05, 3.63) is 88.8 Å². The van der Waals surface area contributed by atoms with Crippen LogP contribution in [0.1, 0.15) is 5.82 Å². The molecule has 1 N–H and O–H groups in total. The van der Waals surface area contributed by atoms with Crippen molar-refractivity contribution in [2.24, 2.45) is 0 Å². The maximum absolute atomic E-state index is 12.9. The molecule has 3 aromatic heterocycles. The molecule has 5 aromatic rings. The van der Waals surface area contributed by atoms with Crippen molar-refractivity contribution in [2.45, 2.75) is 17.5 Å². The molecular formula is C25H21N5O2S2. The van der Waals surface area contributed by atoms with Crippen LogP contribution >= 0.6 is 23.1 Å². The molecule has 0 fully saturated rings. The van der Waals surface area contributed by atoms with Gasteiger partial charge in [0.2, 0.25) is 0 Å². The topological polar surface area (TPSA) is 85.7 Å². The number of rotatable bonds is 8. The monoisotopic (exact) mass is 487 g/mol. The Kier molecular flexibility index (Phi) is 6.29. The molecule has 0 bridgehead atoms. The quantitative estimate of drug-likeness (QED) is 0.233. The van der Waals surface area contributed by atoms with Gasteiger partial charge in [0, 0.05) is 17.5 Å². The molecule has 170 valence electrons. The summed E-state index contributed by atoms with van der Waals surface area (Å²) >= 11 is 2.94. The molecule has 9 heteroatoms. The average molecular weight is 488 g/mol. The summed E-state index contributed by atoms with van der Waals surface area (Å²) in [6.45, 7) is 4.41. The van der Waals surface area contributed by atoms with E-state index in [0.717, 1.165) is 27.3 Å². The van der Waals surface area contributed by atoms with Crippen LogP contribution in [-0.2, 0) is 12.3 Å². The molecule has 0 atom stereocenters. The predicted molar refractivity (Wildman–Crippen MR) is 137 cm³/mol. The largest absolute Gasteiger partial charge is 0.496 e. The van der Waals surface area contributed by atoms with Crippen LogP contribution in [0.4, 0.5) is 0 Å². The van der Waals surface area contributed by atoms with Gasteiger partial charge in [0.25, 0.3) is 5.56 Å². The second-order valence-electron chi connectivity index (χ2n) is 7.40. The molecule has 5 rings (SSSR count). The van der Waals surface area contributed by atoms with Crippen LogP contribution in [-0.4, -0.2) is 31.8 Å². The van der Waals surface area contributed by atoms with Gasteiger partial charge < -0.3 is 9.72 Å². The number of aromatic nitrogens is 5. The van der Waals surface area contributed by atoms with Crippen LogP contribution in [0.15, 0.2) is 82.6 Å². The van der Waals surface area contributed by atoms with Gasteiger partial charge in [0.1, 0.15) is 16.4 Å². The van der Waals surface area contributed by atoms with Crippen molar-refractivity contribution in [2.75, 3.05) is 7.11 Å². The molecule has 34 heavy (non-hydrogen) atoms. The number of thiophene rings is 1. The maximum atomic E-state index is 12.9. The summed E-state index contributed by atoms with van der Waals surface area (Å²) in [6.07, 6.45) is 1.80. The van der Waals surface area contributed by atoms with Gasteiger partial charge in [-0.05, 0) is 17.7 Å². The van der Waals surface area contributed by atoms with Crippen LogP contribution in [0.3, 0.4) is 0 Å². The van der Waals surface area contributed by atoms with Gasteiger partial charge in [0.05, 0.1) is 23.8 Å². The van der Waals surface area contributed by atoms with E-state index in [1.165, 1.54) is 23.1 Å². The lowest BCUT2D eigenvalue weighted by Crippen LogP contribution is -2.11. The molecular weight excluding hydrogens is 466 g/mol. The molecule has 2 aromatic carbocycles. The number of methoxy groups -OCH3 is 1. The van der Waals surface area contributed by atoms with E-state index in [2.05, 4.69) is 21.8 Å². The predicted octanol–water partition coefficient (Wildman–Crippen LogP) is 5.40. The summed E-state index contributed by atoms with van der Waals surface area (Å²) in [4.78, 5) is 21.3. The molecule has 0 radical (unpaired) electrons. The zero-order chi connectivity index (χ0) is 23.5. The molecule has 0 aliphatic heterocycles. The number of fused-ring (bicyclic) bond motifs is 1. The van der Waals surface area contributed by atoms with Gasteiger partial charge in [-0.25, -0.2) is 4.98 Å². The third-order valence-electron chi connectivity index (χ3n) is 5.29. The van der Waals surface area contributed by atoms with Crippen LogP contribution in [0.2, 0.25) is 0 Å². The van der Waals surface area contributed by atoms with Crippen LogP contribution in [0.25, 0.3) is 32.7 Å².